The molecule has 0 aliphatic carbocycles. The summed E-state index contributed by atoms with van der Waals surface area (Å²) in [4.78, 5) is 4.40. The molecule has 3 aromatic rings. The van der Waals surface area contributed by atoms with Crippen LogP contribution in [0.3, 0.4) is 0 Å². The molecule has 0 amide bonds. The van der Waals surface area contributed by atoms with Gasteiger partial charge in [0, 0.05) is 10.9 Å². The Balaban J connectivity index is 1.70. The van der Waals surface area contributed by atoms with Gasteiger partial charge in [0.25, 0.3) is 0 Å². The Hall–Kier alpha value is -1.77. The molecular formula is C16H10Br2FN3OS. The largest absolute Gasteiger partial charge is 0.506 e. The zero-order chi connectivity index (χ0) is 17.1. The van der Waals surface area contributed by atoms with Crippen molar-refractivity contribution in [1.29, 1.82) is 0 Å². The van der Waals surface area contributed by atoms with E-state index in [0.29, 0.717) is 14.1 Å². The van der Waals surface area contributed by atoms with Crippen LogP contribution in [-0.4, -0.2) is 16.3 Å². The number of hydrazone groups is 1. The highest BCUT2D eigenvalue weighted by atomic mass is 79.9. The molecule has 2 aromatic carbocycles. The average molecular weight is 471 g/mol. The van der Waals surface area contributed by atoms with E-state index in [1.807, 2.05) is 5.38 Å². The maximum absolute atomic E-state index is 12.9. The van der Waals surface area contributed by atoms with Crippen molar-refractivity contribution in [2.75, 3.05) is 5.43 Å². The minimum atomic E-state index is -0.275. The molecule has 24 heavy (non-hydrogen) atoms. The molecule has 0 aliphatic rings. The van der Waals surface area contributed by atoms with Gasteiger partial charge in [-0.1, -0.05) is 0 Å². The van der Waals surface area contributed by atoms with Crippen molar-refractivity contribution < 1.29 is 9.50 Å². The minimum absolute atomic E-state index is 0.143. The summed E-state index contributed by atoms with van der Waals surface area (Å²) in [6, 6.07) is 9.67. The summed E-state index contributed by atoms with van der Waals surface area (Å²) in [7, 11) is 0. The van der Waals surface area contributed by atoms with Crippen LogP contribution >= 0.6 is 43.2 Å². The molecule has 122 valence electrons. The highest BCUT2D eigenvalue weighted by Crippen LogP contribution is 2.32. The summed E-state index contributed by atoms with van der Waals surface area (Å²) in [6.45, 7) is 0. The lowest BCUT2D eigenvalue weighted by Gasteiger charge is -2.01. The number of phenols is 1. The zero-order valence-electron chi connectivity index (χ0n) is 12.0. The zero-order valence-corrected chi connectivity index (χ0v) is 16.0. The van der Waals surface area contributed by atoms with Gasteiger partial charge in [0.05, 0.1) is 20.9 Å². The average Bonchev–Trinajstić information content (AvgIpc) is 3.02. The number of aromatic hydroxyl groups is 1. The molecule has 0 unspecified atom stereocenters. The van der Waals surface area contributed by atoms with Crippen molar-refractivity contribution in [3.63, 3.8) is 0 Å². The number of rotatable bonds is 4. The Morgan fingerprint density at radius 2 is 1.83 bits per heavy atom. The summed E-state index contributed by atoms with van der Waals surface area (Å²) < 4.78 is 14.1. The number of hydrogen-bond acceptors (Lipinski definition) is 5. The van der Waals surface area contributed by atoms with Crippen molar-refractivity contribution in [2.24, 2.45) is 5.10 Å². The van der Waals surface area contributed by atoms with Crippen LogP contribution < -0.4 is 5.43 Å². The predicted octanol–water partition coefficient (Wildman–Crippen LogP) is 5.63. The van der Waals surface area contributed by atoms with Crippen LogP contribution in [0, 0.1) is 5.82 Å². The Morgan fingerprint density at radius 3 is 2.50 bits per heavy atom. The number of aromatic nitrogens is 1. The molecule has 0 spiro atoms. The number of nitrogens with one attached hydrogen (secondary N) is 1. The maximum Gasteiger partial charge on any atom is 0.203 e. The van der Waals surface area contributed by atoms with Crippen LogP contribution in [0.1, 0.15) is 5.56 Å². The highest BCUT2D eigenvalue weighted by molar-refractivity contribution is 9.11. The molecule has 3 rings (SSSR count). The first-order valence-electron chi connectivity index (χ1n) is 6.71. The van der Waals surface area contributed by atoms with E-state index >= 15 is 0 Å². The molecule has 0 radical (unpaired) electrons. The summed E-state index contributed by atoms with van der Waals surface area (Å²) >= 11 is 7.94. The lowest BCUT2D eigenvalue weighted by Crippen LogP contribution is -1.91. The second kappa shape index (κ2) is 7.42. The molecular weight excluding hydrogens is 461 g/mol. The van der Waals surface area contributed by atoms with Gasteiger partial charge < -0.3 is 5.11 Å². The third kappa shape index (κ3) is 4.00. The van der Waals surface area contributed by atoms with Gasteiger partial charge in [-0.25, -0.2) is 9.37 Å². The van der Waals surface area contributed by atoms with Gasteiger partial charge in [-0.15, -0.1) is 11.3 Å². The molecule has 0 saturated heterocycles. The number of thiazole rings is 1. The minimum Gasteiger partial charge on any atom is -0.506 e. The first-order chi connectivity index (χ1) is 11.5. The lowest BCUT2D eigenvalue weighted by molar-refractivity contribution is 0.468. The second-order valence-electron chi connectivity index (χ2n) is 4.75. The van der Waals surface area contributed by atoms with E-state index in [4.69, 9.17) is 0 Å². The van der Waals surface area contributed by atoms with Gasteiger partial charge in [0.1, 0.15) is 11.6 Å². The molecule has 0 fully saturated rings. The Labute approximate surface area is 158 Å². The number of anilines is 1. The molecule has 0 saturated carbocycles. The maximum atomic E-state index is 12.9. The fourth-order valence-electron chi connectivity index (χ4n) is 1.90. The monoisotopic (exact) mass is 469 g/mol. The Kier molecular flexibility index (Phi) is 5.27. The van der Waals surface area contributed by atoms with E-state index in [0.717, 1.165) is 16.8 Å². The number of halogens is 3. The van der Waals surface area contributed by atoms with Gasteiger partial charge in [0.2, 0.25) is 5.13 Å². The van der Waals surface area contributed by atoms with Gasteiger partial charge in [-0.2, -0.15) is 5.10 Å². The molecule has 4 nitrogen and oxygen atoms in total. The molecule has 0 bridgehead atoms. The number of nitrogens with zero attached hydrogens (tertiary/aromatic N) is 2. The van der Waals surface area contributed by atoms with Gasteiger partial charge >= 0.3 is 0 Å². The van der Waals surface area contributed by atoms with Crippen molar-refractivity contribution in [3.8, 4) is 17.0 Å². The third-order valence-electron chi connectivity index (χ3n) is 3.06. The topological polar surface area (TPSA) is 57.5 Å². The quantitative estimate of drug-likeness (QED) is 0.384. The highest BCUT2D eigenvalue weighted by Gasteiger charge is 2.06. The molecule has 1 heterocycles. The first-order valence-corrected chi connectivity index (χ1v) is 9.18. The van der Waals surface area contributed by atoms with Gasteiger partial charge in [-0.05, 0) is 73.8 Å². The van der Waals surface area contributed by atoms with E-state index in [2.05, 4.69) is 47.4 Å². The van der Waals surface area contributed by atoms with Crippen LogP contribution in [-0.2, 0) is 0 Å². The predicted molar refractivity (Wildman–Crippen MR) is 102 cm³/mol. The molecule has 1 aromatic heterocycles. The number of benzene rings is 2. The molecule has 2 N–H and O–H groups in total. The number of phenolic OH excluding ortho intramolecular Hbond substituents is 1. The second-order valence-corrected chi connectivity index (χ2v) is 7.31. The Morgan fingerprint density at radius 1 is 1.17 bits per heavy atom. The number of hydrogen-bond donors (Lipinski definition) is 2. The van der Waals surface area contributed by atoms with Crippen molar-refractivity contribution in [1.82, 2.24) is 4.98 Å². The van der Waals surface area contributed by atoms with E-state index < -0.39 is 0 Å². The molecule has 0 atom stereocenters. The molecule has 8 heteroatoms. The standard InChI is InChI=1S/C16H10Br2FN3OS/c17-12-5-9(6-13(18)15(12)23)7-20-22-16-21-14(8-24-16)10-1-3-11(19)4-2-10/h1-8,23H,(H,21,22)/b20-7-. The third-order valence-corrected chi connectivity index (χ3v) is 5.01. The van der Waals surface area contributed by atoms with E-state index in [1.165, 1.54) is 23.5 Å². The van der Waals surface area contributed by atoms with Gasteiger partial charge in [0.15, 0.2) is 0 Å². The summed E-state index contributed by atoms with van der Waals surface area (Å²) in [6.07, 6.45) is 1.62. The van der Waals surface area contributed by atoms with Crippen LogP contribution in [0.15, 0.2) is 55.8 Å². The first kappa shape index (κ1) is 17.1. The van der Waals surface area contributed by atoms with E-state index in [9.17, 15) is 9.50 Å². The van der Waals surface area contributed by atoms with Crippen molar-refractivity contribution in [2.45, 2.75) is 0 Å². The van der Waals surface area contributed by atoms with Crippen molar-refractivity contribution >= 4 is 54.5 Å². The fraction of sp³-hybridized carbons (Fsp3) is 0. The van der Waals surface area contributed by atoms with E-state index in [-0.39, 0.29) is 11.6 Å². The lowest BCUT2D eigenvalue weighted by atomic mass is 10.2. The van der Waals surface area contributed by atoms with Crippen molar-refractivity contribution in [3.05, 3.63) is 62.1 Å². The Bertz CT molecular complexity index is 874. The summed E-state index contributed by atoms with van der Waals surface area (Å²) in [5.41, 5.74) is 5.26. The summed E-state index contributed by atoms with van der Waals surface area (Å²) in [5.74, 6) is -0.132. The normalized spacial score (nSPS) is 11.1. The van der Waals surface area contributed by atoms with Crippen LogP contribution in [0.4, 0.5) is 9.52 Å². The summed E-state index contributed by atoms with van der Waals surface area (Å²) in [5, 5.41) is 16.3. The van der Waals surface area contributed by atoms with Gasteiger partial charge in [-0.3, -0.25) is 5.43 Å². The fourth-order valence-corrected chi connectivity index (χ4v) is 3.79. The molecule has 0 aliphatic heterocycles. The van der Waals surface area contributed by atoms with Crippen LogP contribution in [0.5, 0.6) is 5.75 Å². The van der Waals surface area contributed by atoms with Crippen LogP contribution in [0.2, 0.25) is 0 Å². The smallest absolute Gasteiger partial charge is 0.203 e. The SMILES string of the molecule is Oc1c(Br)cc(/C=N\Nc2nc(-c3ccc(F)cc3)cs2)cc1Br. The van der Waals surface area contributed by atoms with E-state index in [1.54, 1.807) is 30.5 Å². The van der Waals surface area contributed by atoms with Crippen LogP contribution in [0.25, 0.3) is 11.3 Å².